The summed E-state index contributed by atoms with van der Waals surface area (Å²) in [6, 6.07) is 5.23. The van der Waals surface area contributed by atoms with E-state index in [1.165, 1.54) is 7.11 Å². The molecule has 0 bridgehead atoms. The fourth-order valence-electron chi connectivity index (χ4n) is 1.84. The highest BCUT2D eigenvalue weighted by Gasteiger charge is 2.14. The molecule has 1 aromatic rings. The Bertz CT molecular complexity index is 535. The van der Waals surface area contributed by atoms with E-state index in [4.69, 9.17) is 9.47 Å². The zero-order valence-electron chi connectivity index (χ0n) is 12.7. The van der Waals surface area contributed by atoms with Crippen LogP contribution in [0.15, 0.2) is 36.6 Å². The molecule has 0 spiro atoms. The van der Waals surface area contributed by atoms with Crippen LogP contribution in [-0.2, 0) is 0 Å². The van der Waals surface area contributed by atoms with E-state index in [0.29, 0.717) is 30.1 Å². The first-order valence-electron chi connectivity index (χ1n) is 6.74. The van der Waals surface area contributed by atoms with Crippen LogP contribution in [0.25, 0.3) is 6.08 Å². The number of nitrogens with zero attached hydrogens (tertiary/aromatic N) is 1. The smallest absolute Gasteiger partial charge is 0.247 e. The van der Waals surface area contributed by atoms with E-state index in [1.807, 2.05) is 13.8 Å². The summed E-state index contributed by atoms with van der Waals surface area (Å²) in [4.78, 5) is 10.7. The summed E-state index contributed by atoms with van der Waals surface area (Å²) in [5.74, 6) is 1.35. The van der Waals surface area contributed by atoms with E-state index in [-0.39, 0.29) is 16.5 Å². The third kappa shape index (κ3) is 5.30. The Hall–Kier alpha value is -2.30. The maximum atomic E-state index is 11.1. The van der Waals surface area contributed by atoms with Crippen LogP contribution >= 0.6 is 0 Å². The van der Waals surface area contributed by atoms with Gasteiger partial charge in [0.25, 0.3) is 0 Å². The van der Waals surface area contributed by atoms with Crippen molar-refractivity contribution in [2.24, 2.45) is 5.92 Å². The molecule has 1 rings (SSSR count). The Morgan fingerprint density at radius 3 is 2.67 bits per heavy atom. The van der Waals surface area contributed by atoms with Gasteiger partial charge in [-0.25, -0.2) is 0 Å². The Balaban J connectivity index is 3.06. The van der Waals surface area contributed by atoms with Crippen molar-refractivity contribution in [3.63, 3.8) is 0 Å². The van der Waals surface area contributed by atoms with Crippen molar-refractivity contribution < 1.29 is 14.4 Å². The quantitative estimate of drug-likeness (QED) is 0.413. The molecule has 0 saturated carbocycles. The molecule has 0 atom stereocenters. The minimum Gasteiger partial charge on any atom is -0.493 e. The first kappa shape index (κ1) is 16.8. The molecule has 0 N–H and O–H groups in total. The van der Waals surface area contributed by atoms with Gasteiger partial charge in [-0.05, 0) is 23.6 Å². The molecule has 0 heterocycles. The highest BCUT2D eigenvalue weighted by atomic mass is 16.6. The van der Waals surface area contributed by atoms with E-state index in [2.05, 4.69) is 6.58 Å². The number of allylic oxidation sites excluding steroid dienone is 1. The van der Waals surface area contributed by atoms with Crippen molar-refractivity contribution in [2.75, 3.05) is 13.7 Å². The van der Waals surface area contributed by atoms with Crippen molar-refractivity contribution >= 4 is 6.08 Å². The molecule has 1 aromatic carbocycles. The first-order chi connectivity index (χ1) is 9.97. The molecule has 0 aromatic heterocycles. The monoisotopic (exact) mass is 291 g/mol. The molecule has 0 amide bonds. The van der Waals surface area contributed by atoms with Gasteiger partial charge >= 0.3 is 0 Å². The molecule has 0 saturated heterocycles. The zero-order valence-corrected chi connectivity index (χ0v) is 12.7. The molecule has 0 radical (unpaired) electrons. The van der Waals surface area contributed by atoms with Gasteiger partial charge in [0.15, 0.2) is 11.5 Å². The third-order valence-corrected chi connectivity index (χ3v) is 2.73. The lowest BCUT2D eigenvalue weighted by atomic mass is 10.1. The number of nitro groups is 1. The molecular formula is C16H21NO4. The molecule has 0 aliphatic rings. The van der Waals surface area contributed by atoms with Crippen molar-refractivity contribution in [1.82, 2.24) is 0 Å². The maximum Gasteiger partial charge on any atom is 0.247 e. The lowest BCUT2D eigenvalue weighted by Crippen LogP contribution is -2.02. The van der Waals surface area contributed by atoms with E-state index in [9.17, 15) is 10.1 Å². The van der Waals surface area contributed by atoms with Crippen LogP contribution in [-0.4, -0.2) is 18.6 Å². The highest BCUT2D eigenvalue weighted by molar-refractivity contribution is 5.57. The molecule has 21 heavy (non-hydrogen) atoms. The summed E-state index contributed by atoms with van der Waals surface area (Å²) in [6.07, 6.45) is 3.63. The summed E-state index contributed by atoms with van der Waals surface area (Å²) < 4.78 is 10.7. The van der Waals surface area contributed by atoms with Crippen molar-refractivity contribution in [1.29, 1.82) is 0 Å². The molecular weight excluding hydrogens is 270 g/mol. The van der Waals surface area contributed by atoms with Gasteiger partial charge < -0.3 is 9.47 Å². The Morgan fingerprint density at radius 2 is 2.14 bits per heavy atom. The van der Waals surface area contributed by atoms with Crippen LogP contribution in [0.5, 0.6) is 11.5 Å². The van der Waals surface area contributed by atoms with Crippen LogP contribution in [0.3, 0.4) is 0 Å². The number of methoxy groups -OCH3 is 1. The summed E-state index contributed by atoms with van der Waals surface area (Å²) in [5, 5.41) is 11.1. The fraction of sp³-hybridized carbons (Fsp3) is 0.375. The standard InChI is InChI=1S/C16H21NO4/c1-5-8-21-15-7-6-13(11-16(15)20-4)10-14(17(18)19)9-12(2)3/h5-7,10-12H,1,8-9H2,2-4H3. The van der Waals surface area contributed by atoms with Gasteiger partial charge in [-0.1, -0.05) is 32.6 Å². The molecule has 0 aliphatic heterocycles. The second-order valence-electron chi connectivity index (χ2n) is 5.00. The average Bonchev–Trinajstić information content (AvgIpc) is 2.44. The average molecular weight is 291 g/mol. The van der Waals surface area contributed by atoms with Gasteiger partial charge in [-0.2, -0.15) is 0 Å². The Kier molecular flexibility index (Phi) is 6.46. The Labute approximate surface area is 125 Å². The normalized spacial score (nSPS) is 11.3. The number of hydrogen-bond donors (Lipinski definition) is 0. The van der Waals surface area contributed by atoms with Gasteiger partial charge in [-0.15, -0.1) is 0 Å². The van der Waals surface area contributed by atoms with Crippen LogP contribution in [0.2, 0.25) is 0 Å². The van der Waals surface area contributed by atoms with E-state index in [1.54, 1.807) is 30.4 Å². The van der Waals surface area contributed by atoms with Crippen LogP contribution in [0.4, 0.5) is 0 Å². The first-order valence-corrected chi connectivity index (χ1v) is 6.74. The minimum atomic E-state index is -0.339. The highest BCUT2D eigenvalue weighted by Crippen LogP contribution is 2.29. The molecule has 114 valence electrons. The van der Waals surface area contributed by atoms with Gasteiger partial charge in [0.2, 0.25) is 5.70 Å². The van der Waals surface area contributed by atoms with E-state index >= 15 is 0 Å². The maximum absolute atomic E-state index is 11.1. The molecule has 0 unspecified atom stereocenters. The predicted molar refractivity (Wildman–Crippen MR) is 83.1 cm³/mol. The van der Waals surface area contributed by atoms with Crippen molar-refractivity contribution in [2.45, 2.75) is 20.3 Å². The Morgan fingerprint density at radius 1 is 1.43 bits per heavy atom. The van der Waals surface area contributed by atoms with Crippen LogP contribution in [0, 0.1) is 16.0 Å². The van der Waals surface area contributed by atoms with Crippen molar-refractivity contribution in [3.8, 4) is 11.5 Å². The summed E-state index contributed by atoms with van der Waals surface area (Å²) in [6.45, 7) is 7.86. The second kappa shape index (κ2) is 8.09. The molecule has 5 heteroatoms. The fourth-order valence-corrected chi connectivity index (χ4v) is 1.84. The van der Waals surface area contributed by atoms with E-state index in [0.717, 1.165) is 0 Å². The minimum absolute atomic E-state index is 0.187. The predicted octanol–water partition coefficient (Wildman–Crippen LogP) is 3.92. The third-order valence-electron chi connectivity index (χ3n) is 2.73. The van der Waals surface area contributed by atoms with Gasteiger partial charge in [0, 0.05) is 12.5 Å². The number of rotatable bonds is 8. The molecule has 5 nitrogen and oxygen atoms in total. The van der Waals surface area contributed by atoms with Gasteiger partial charge in [-0.3, -0.25) is 10.1 Å². The number of ether oxygens (including phenoxy) is 2. The summed E-state index contributed by atoms with van der Waals surface area (Å²) in [7, 11) is 1.53. The lowest BCUT2D eigenvalue weighted by Gasteiger charge is -2.10. The van der Waals surface area contributed by atoms with E-state index < -0.39 is 0 Å². The molecule has 0 fully saturated rings. The van der Waals surface area contributed by atoms with Crippen LogP contribution in [0.1, 0.15) is 25.8 Å². The lowest BCUT2D eigenvalue weighted by molar-refractivity contribution is -0.427. The van der Waals surface area contributed by atoms with Crippen LogP contribution < -0.4 is 9.47 Å². The van der Waals surface area contributed by atoms with Crippen molar-refractivity contribution in [3.05, 3.63) is 52.2 Å². The SMILES string of the molecule is C=CCOc1ccc(C=C(CC(C)C)[N+](=O)[O-])cc1OC. The second-order valence-corrected chi connectivity index (χ2v) is 5.00. The van der Waals surface area contributed by atoms with Gasteiger partial charge in [0.1, 0.15) is 6.61 Å². The molecule has 0 aliphatic carbocycles. The topological polar surface area (TPSA) is 61.6 Å². The summed E-state index contributed by atoms with van der Waals surface area (Å²) in [5.41, 5.74) is 0.900. The largest absolute Gasteiger partial charge is 0.493 e. The van der Waals surface area contributed by atoms with Gasteiger partial charge in [0.05, 0.1) is 12.0 Å². The zero-order chi connectivity index (χ0) is 15.8. The number of benzene rings is 1. The summed E-state index contributed by atoms with van der Waals surface area (Å²) >= 11 is 0. The number of hydrogen-bond acceptors (Lipinski definition) is 4.